The SMILES string of the molecule is O=C([O-])[C@H]1C[NH2+]CCN1C(=O)OCc1ccccc1. The number of rotatable bonds is 3. The molecule has 0 unspecified atom stereocenters. The second-order valence-electron chi connectivity index (χ2n) is 4.38. The highest BCUT2D eigenvalue weighted by Crippen LogP contribution is 2.06. The monoisotopic (exact) mass is 264 g/mol. The van der Waals surface area contributed by atoms with Crippen LogP contribution in [0.15, 0.2) is 30.3 Å². The third-order valence-electron chi connectivity index (χ3n) is 3.05. The molecule has 0 radical (unpaired) electrons. The summed E-state index contributed by atoms with van der Waals surface area (Å²) in [5, 5.41) is 12.8. The van der Waals surface area contributed by atoms with E-state index in [0.29, 0.717) is 19.6 Å². The van der Waals surface area contributed by atoms with Crippen molar-refractivity contribution < 1.29 is 24.7 Å². The van der Waals surface area contributed by atoms with Gasteiger partial charge in [-0.15, -0.1) is 0 Å². The predicted octanol–water partition coefficient (Wildman–Crippen LogP) is -1.68. The van der Waals surface area contributed by atoms with Crippen molar-refractivity contribution >= 4 is 12.1 Å². The van der Waals surface area contributed by atoms with Gasteiger partial charge in [0.15, 0.2) is 0 Å². The zero-order chi connectivity index (χ0) is 13.7. The lowest BCUT2D eigenvalue weighted by Crippen LogP contribution is -2.93. The molecular weight excluding hydrogens is 248 g/mol. The van der Waals surface area contributed by atoms with Crippen molar-refractivity contribution in [2.24, 2.45) is 0 Å². The van der Waals surface area contributed by atoms with E-state index in [4.69, 9.17) is 4.74 Å². The number of nitrogens with zero attached hydrogens (tertiary/aromatic N) is 1. The summed E-state index contributed by atoms with van der Waals surface area (Å²) in [6.07, 6.45) is -0.605. The van der Waals surface area contributed by atoms with Crippen molar-refractivity contribution in [3.05, 3.63) is 35.9 Å². The quantitative estimate of drug-likeness (QED) is 0.706. The Bertz CT molecular complexity index is 449. The zero-order valence-corrected chi connectivity index (χ0v) is 10.5. The van der Waals surface area contributed by atoms with Crippen LogP contribution in [0.3, 0.4) is 0 Å². The lowest BCUT2D eigenvalue weighted by atomic mass is 10.2. The van der Waals surface area contributed by atoms with Crippen molar-refractivity contribution in [2.75, 3.05) is 19.6 Å². The molecule has 0 aliphatic carbocycles. The maximum Gasteiger partial charge on any atom is 0.411 e. The molecule has 2 rings (SSSR count). The second kappa shape index (κ2) is 6.19. The number of carbonyl (C=O) groups is 2. The van der Waals surface area contributed by atoms with Gasteiger partial charge in [0.1, 0.15) is 19.2 Å². The largest absolute Gasteiger partial charge is 0.548 e. The predicted molar refractivity (Wildman–Crippen MR) is 63.8 cm³/mol. The van der Waals surface area contributed by atoms with Crippen LogP contribution in [0.5, 0.6) is 0 Å². The van der Waals surface area contributed by atoms with Crippen molar-refractivity contribution in [1.82, 2.24) is 4.90 Å². The third kappa shape index (κ3) is 3.45. The van der Waals surface area contributed by atoms with Gasteiger partial charge < -0.3 is 20.0 Å². The van der Waals surface area contributed by atoms with E-state index in [1.54, 1.807) is 0 Å². The first-order valence-electron chi connectivity index (χ1n) is 6.18. The first-order valence-corrected chi connectivity index (χ1v) is 6.18. The topological polar surface area (TPSA) is 86.3 Å². The Morgan fingerprint density at radius 2 is 2.11 bits per heavy atom. The van der Waals surface area contributed by atoms with Gasteiger partial charge in [-0.25, -0.2) is 4.79 Å². The second-order valence-corrected chi connectivity index (χ2v) is 4.38. The smallest absolute Gasteiger partial charge is 0.411 e. The van der Waals surface area contributed by atoms with E-state index < -0.39 is 18.1 Å². The maximum atomic E-state index is 11.9. The number of benzene rings is 1. The summed E-state index contributed by atoms with van der Waals surface area (Å²) in [7, 11) is 0. The van der Waals surface area contributed by atoms with Crippen LogP contribution in [0.1, 0.15) is 5.56 Å². The molecule has 6 heteroatoms. The van der Waals surface area contributed by atoms with E-state index in [2.05, 4.69) is 0 Å². The molecule has 1 amide bonds. The fourth-order valence-corrected chi connectivity index (χ4v) is 2.03. The molecule has 1 aromatic rings. The fourth-order valence-electron chi connectivity index (χ4n) is 2.03. The number of hydrogen-bond donors (Lipinski definition) is 1. The number of hydrogen-bond acceptors (Lipinski definition) is 4. The van der Waals surface area contributed by atoms with E-state index >= 15 is 0 Å². The van der Waals surface area contributed by atoms with Gasteiger partial charge in [0.05, 0.1) is 19.1 Å². The summed E-state index contributed by atoms with van der Waals surface area (Å²) in [5.41, 5.74) is 0.865. The Balaban J connectivity index is 1.93. The molecule has 1 fully saturated rings. The minimum absolute atomic E-state index is 0.139. The van der Waals surface area contributed by atoms with E-state index in [1.807, 2.05) is 35.6 Å². The third-order valence-corrected chi connectivity index (χ3v) is 3.05. The summed E-state index contributed by atoms with van der Waals surface area (Å²) in [6, 6.07) is 8.34. The van der Waals surface area contributed by atoms with Crippen LogP contribution in [-0.2, 0) is 16.1 Å². The highest BCUT2D eigenvalue weighted by atomic mass is 16.6. The van der Waals surface area contributed by atoms with Gasteiger partial charge >= 0.3 is 6.09 Å². The summed E-state index contributed by atoms with van der Waals surface area (Å²) < 4.78 is 5.13. The van der Waals surface area contributed by atoms with Gasteiger partial charge in [0.25, 0.3) is 0 Å². The molecule has 1 aliphatic rings. The number of aliphatic carboxylic acids is 1. The van der Waals surface area contributed by atoms with Crippen molar-refractivity contribution in [3.63, 3.8) is 0 Å². The molecule has 102 valence electrons. The molecule has 6 nitrogen and oxygen atoms in total. The summed E-state index contributed by atoms with van der Waals surface area (Å²) in [5.74, 6) is -1.24. The molecule has 0 aromatic heterocycles. The van der Waals surface area contributed by atoms with E-state index in [0.717, 1.165) is 5.56 Å². The Kier molecular flexibility index (Phi) is 4.35. The maximum absolute atomic E-state index is 11.9. The van der Waals surface area contributed by atoms with Gasteiger partial charge in [-0.1, -0.05) is 30.3 Å². The number of amides is 1. The molecule has 19 heavy (non-hydrogen) atoms. The van der Waals surface area contributed by atoms with Crippen LogP contribution in [0.25, 0.3) is 0 Å². The van der Waals surface area contributed by atoms with Crippen LogP contribution in [0.2, 0.25) is 0 Å². The molecule has 1 atom stereocenters. The number of carboxylic acid groups (broad SMARTS) is 1. The Morgan fingerprint density at radius 1 is 1.37 bits per heavy atom. The van der Waals surface area contributed by atoms with Gasteiger partial charge in [-0.3, -0.25) is 4.90 Å². The number of piperazine rings is 1. The molecule has 2 N–H and O–H groups in total. The minimum Gasteiger partial charge on any atom is -0.548 e. The molecule has 1 saturated heterocycles. The molecule has 1 aliphatic heterocycles. The van der Waals surface area contributed by atoms with Crippen molar-refractivity contribution in [3.8, 4) is 0 Å². The average Bonchev–Trinajstić information content (AvgIpc) is 2.46. The lowest BCUT2D eigenvalue weighted by molar-refractivity contribution is -0.666. The van der Waals surface area contributed by atoms with E-state index in [1.165, 1.54) is 4.90 Å². The van der Waals surface area contributed by atoms with Crippen LogP contribution in [-0.4, -0.2) is 42.6 Å². The van der Waals surface area contributed by atoms with Crippen molar-refractivity contribution in [2.45, 2.75) is 12.6 Å². The summed E-state index contributed by atoms with van der Waals surface area (Å²) >= 11 is 0. The number of ether oxygens (including phenoxy) is 1. The fraction of sp³-hybridized carbons (Fsp3) is 0.385. The number of carbonyl (C=O) groups excluding carboxylic acids is 2. The minimum atomic E-state index is -1.24. The van der Waals surface area contributed by atoms with Gasteiger partial charge in [-0.05, 0) is 5.56 Å². The summed E-state index contributed by atoms with van der Waals surface area (Å²) in [6.45, 7) is 1.47. The van der Waals surface area contributed by atoms with Gasteiger partial charge in [-0.2, -0.15) is 0 Å². The number of carboxylic acids is 1. The Hall–Kier alpha value is -2.08. The van der Waals surface area contributed by atoms with Gasteiger partial charge in [0.2, 0.25) is 0 Å². The summed E-state index contributed by atoms with van der Waals surface area (Å²) in [4.78, 5) is 24.1. The Morgan fingerprint density at radius 3 is 2.79 bits per heavy atom. The molecular formula is C13H16N2O4. The Labute approximate surface area is 111 Å². The molecule has 0 bridgehead atoms. The number of quaternary nitrogens is 1. The number of nitrogens with two attached hydrogens (primary N) is 1. The van der Waals surface area contributed by atoms with Crippen LogP contribution < -0.4 is 10.4 Å². The van der Waals surface area contributed by atoms with Crippen LogP contribution >= 0.6 is 0 Å². The average molecular weight is 264 g/mol. The molecule has 0 saturated carbocycles. The van der Waals surface area contributed by atoms with E-state index in [9.17, 15) is 14.7 Å². The molecule has 0 spiro atoms. The van der Waals surface area contributed by atoms with Crippen LogP contribution in [0, 0.1) is 0 Å². The molecule has 1 aromatic carbocycles. The standard InChI is InChI=1S/C13H16N2O4/c16-12(17)11-8-14-6-7-15(11)13(18)19-9-10-4-2-1-3-5-10/h1-5,11,14H,6-9H2,(H,16,17)/t11-/m1/s1. The normalized spacial score (nSPS) is 18.9. The van der Waals surface area contributed by atoms with Crippen LogP contribution in [0.4, 0.5) is 4.79 Å². The highest BCUT2D eigenvalue weighted by Gasteiger charge is 2.30. The molecule has 1 heterocycles. The first kappa shape index (κ1) is 13.4. The van der Waals surface area contributed by atoms with Crippen molar-refractivity contribution in [1.29, 1.82) is 0 Å². The highest BCUT2D eigenvalue weighted by molar-refractivity contribution is 5.79. The zero-order valence-electron chi connectivity index (χ0n) is 10.5. The first-order chi connectivity index (χ1) is 9.18. The lowest BCUT2D eigenvalue weighted by Gasteiger charge is -2.33. The van der Waals surface area contributed by atoms with E-state index in [-0.39, 0.29) is 6.61 Å². The van der Waals surface area contributed by atoms with Gasteiger partial charge in [0, 0.05) is 0 Å².